The van der Waals surface area contributed by atoms with Crippen molar-refractivity contribution >= 4 is 22.8 Å². The molecule has 35 heavy (non-hydrogen) atoms. The first-order chi connectivity index (χ1) is 17.0. The summed E-state index contributed by atoms with van der Waals surface area (Å²) in [5.74, 6) is 0.262. The van der Waals surface area contributed by atoms with Crippen molar-refractivity contribution in [1.29, 1.82) is 0 Å². The highest BCUT2D eigenvalue weighted by molar-refractivity contribution is 6.05. The summed E-state index contributed by atoms with van der Waals surface area (Å²) in [7, 11) is 4.81. The molecule has 0 fully saturated rings. The van der Waals surface area contributed by atoms with Gasteiger partial charge in [-0.25, -0.2) is 9.78 Å². The molecule has 0 aliphatic heterocycles. The quantitative estimate of drug-likeness (QED) is 0.346. The number of para-hydroxylation sites is 1. The van der Waals surface area contributed by atoms with Gasteiger partial charge in [-0.2, -0.15) is 0 Å². The Kier molecular flexibility index (Phi) is 7.26. The summed E-state index contributed by atoms with van der Waals surface area (Å²) in [5.41, 5.74) is 3.29. The Labute approximate surface area is 203 Å². The summed E-state index contributed by atoms with van der Waals surface area (Å²) < 4.78 is 16.1. The Morgan fingerprint density at radius 1 is 0.857 bits per heavy atom. The second kappa shape index (κ2) is 10.7. The second-order valence-electron chi connectivity index (χ2n) is 7.95. The van der Waals surface area contributed by atoms with Crippen LogP contribution in [0.1, 0.15) is 15.9 Å². The molecule has 0 atom stereocenters. The van der Waals surface area contributed by atoms with Crippen LogP contribution in [0.25, 0.3) is 22.2 Å². The normalized spacial score (nSPS) is 10.6. The number of aromatic nitrogens is 1. The molecule has 1 heterocycles. The fourth-order valence-corrected chi connectivity index (χ4v) is 3.75. The molecule has 1 amide bonds. The predicted molar refractivity (Wildman–Crippen MR) is 133 cm³/mol. The first-order valence-electron chi connectivity index (χ1n) is 11.1. The van der Waals surface area contributed by atoms with Gasteiger partial charge < -0.3 is 19.1 Å². The Balaban J connectivity index is 1.57. The number of carbonyl (C=O) groups is 2. The van der Waals surface area contributed by atoms with Crippen LogP contribution in [0.15, 0.2) is 78.9 Å². The van der Waals surface area contributed by atoms with Crippen molar-refractivity contribution < 1.29 is 23.8 Å². The summed E-state index contributed by atoms with van der Waals surface area (Å²) in [6.45, 7) is 0.0728. The minimum absolute atomic E-state index is 0.291. The number of esters is 1. The molecule has 0 unspecified atom stereocenters. The van der Waals surface area contributed by atoms with E-state index in [1.54, 1.807) is 45.5 Å². The molecule has 7 heteroatoms. The monoisotopic (exact) mass is 470 g/mol. The summed E-state index contributed by atoms with van der Waals surface area (Å²) in [4.78, 5) is 31.9. The predicted octanol–water partition coefficient (Wildman–Crippen LogP) is 4.73. The lowest BCUT2D eigenvalue weighted by Crippen LogP contribution is -2.30. The molecule has 4 rings (SSSR count). The van der Waals surface area contributed by atoms with E-state index in [4.69, 9.17) is 19.2 Å². The largest absolute Gasteiger partial charge is 0.493 e. The average molecular weight is 471 g/mol. The number of hydrogen-bond acceptors (Lipinski definition) is 6. The lowest BCUT2D eigenvalue weighted by molar-refractivity contribution is -0.133. The van der Waals surface area contributed by atoms with Crippen LogP contribution in [-0.2, 0) is 16.1 Å². The number of pyridine rings is 1. The van der Waals surface area contributed by atoms with Crippen molar-refractivity contribution in [1.82, 2.24) is 9.88 Å². The third-order valence-corrected chi connectivity index (χ3v) is 5.63. The number of likely N-dealkylation sites (N-methyl/N-ethyl adjacent to an activating group) is 1. The van der Waals surface area contributed by atoms with Crippen molar-refractivity contribution in [2.24, 2.45) is 0 Å². The van der Waals surface area contributed by atoms with E-state index in [9.17, 15) is 9.59 Å². The second-order valence-corrected chi connectivity index (χ2v) is 7.95. The summed E-state index contributed by atoms with van der Waals surface area (Å²) in [5, 5.41) is 0.645. The molecule has 0 bridgehead atoms. The van der Waals surface area contributed by atoms with Crippen molar-refractivity contribution in [2.75, 3.05) is 27.9 Å². The molecule has 0 aliphatic rings. The van der Waals surface area contributed by atoms with E-state index in [0.717, 1.165) is 11.1 Å². The lowest BCUT2D eigenvalue weighted by atomic mass is 10.0. The van der Waals surface area contributed by atoms with E-state index in [0.29, 0.717) is 40.2 Å². The molecule has 0 spiro atoms. The molecule has 3 aromatic carbocycles. The molecule has 0 aliphatic carbocycles. The number of fused-ring (bicyclic) bond motifs is 1. The number of benzene rings is 3. The topological polar surface area (TPSA) is 78.0 Å². The third-order valence-electron chi connectivity index (χ3n) is 5.63. The van der Waals surface area contributed by atoms with Gasteiger partial charge in [0.15, 0.2) is 18.1 Å². The van der Waals surface area contributed by atoms with E-state index in [1.165, 1.54) is 4.90 Å². The molecule has 178 valence electrons. The van der Waals surface area contributed by atoms with Crippen LogP contribution in [0.4, 0.5) is 0 Å². The van der Waals surface area contributed by atoms with Gasteiger partial charge >= 0.3 is 5.97 Å². The van der Waals surface area contributed by atoms with Gasteiger partial charge in [-0.1, -0.05) is 48.5 Å². The van der Waals surface area contributed by atoms with Crippen molar-refractivity contribution in [2.45, 2.75) is 6.54 Å². The molecule has 1 aromatic heterocycles. The number of hydrogen-bond donors (Lipinski definition) is 0. The molecular formula is C28H26N2O5. The summed E-state index contributed by atoms with van der Waals surface area (Å²) >= 11 is 0. The highest BCUT2D eigenvalue weighted by Gasteiger charge is 2.18. The highest BCUT2D eigenvalue weighted by atomic mass is 16.5. The summed E-state index contributed by atoms with van der Waals surface area (Å²) in [6, 6.07) is 24.0. The number of methoxy groups -OCH3 is 2. The van der Waals surface area contributed by atoms with Crippen LogP contribution in [0.3, 0.4) is 0 Å². The van der Waals surface area contributed by atoms with Gasteiger partial charge in [0.1, 0.15) is 0 Å². The maximum absolute atomic E-state index is 13.1. The van der Waals surface area contributed by atoms with Gasteiger partial charge in [-0.15, -0.1) is 0 Å². The standard InChI is InChI=1S/C28H26N2O5/c1-30(17-19-9-5-4-6-10-19)27(31)18-35-28(32)22-16-24(29-23-12-8-7-11-21(22)23)20-13-14-25(33-2)26(15-20)34-3/h4-16H,17-18H2,1-3H3. The van der Waals surface area contributed by atoms with E-state index in [1.807, 2.05) is 54.6 Å². The zero-order valence-electron chi connectivity index (χ0n) is 19.9. The van der Waals surface area contributed by atoms with Gasteiger partial charge in [-0.05, 0) is 35.9 Å². The van der Waals surface area contributed by atoms with Crippen molar-refractivity contribution in [3.05, 3.63) is 90.0 Å². The minimum Gasteiger partial charge on any atom is -0.493 e. The Bertz CT molecular complexity index is 1350. The molecule has 0 N–H and O–H groups in total. The number of rotatable bonds is 8. The molecule has 0 saturated carbocycles. The number of nitrogens with zero attached hydrogens (tertiary/aromatic N) is 2. The SMILES string of the molecule is COc1ccc(-c2cc(C(=O)OCC(=O)N(C)Cc3ccccc3)c3ccccc3n2)cc1OC. The van der Waals surface area contributed by atoms with Gasteiger partial charge in [0.2, 0.25) is 0 Å². The van der Waals surface area contributed by atoms with E-state index in [-0.39, 0.29) is 12.5 Å². The molecule has 0 radical (unpaired) electrons. The Morgan fingerprint density at radius 2 is 1.57 bits per heavy atom. The zero-order chi connectivity index (χ0) is 24.8. The van der Waals surface area contributed by atoms with Gasteiger partial charge in [0.25, 0.3) is 5.91 Å². The first kappa shape index (κ1) is 23.8. The molecule has 0 saturated heterocycles. The Morgan fingerprint density at radius 3 is 2.31 bits per heavy atom. The number of amides is 1. The molecular weight excluding hydrogens is 444 g/mol. The lowest BCUT2D eigenvalue weighted by Gasteiger charge is -2.17. The van der Waals surface area contributed by atoms with Crippen LogP contribution in [0, 0.1) is 0 Å². The summed E-state index contributed by atoms with van der Waals surface area (Å²) in [6.07, 6.45) is 0. The Hall–Kier alpha value is -4.39. The van der Waals surface area contributed by atoms with Gasteiger partial charge in [0.05, 0.1) is 31.0 Å². The minimum atomic E-state index is -0.591. The van der Waals surface area contributed by atoms with Crippen molar-refractivity contribution in [3.8, 4) is 22.8 Å². The van der Waals surface area contributed by atoms with Crippen LogP contribution < -0.4 is 9.47 Å². The van der Waals surface area contributed by atoms with Gasteiger partial charge in [-0.3, -0.25) is 4.79 Å². The number of carbonyl (C=O) groups excluding carboxylic acids is 2. The first-order valence-corrected chi connectivity index (χ1v) is 11.1. The fourth-order valence-electron chi connectivity index (χ4n) is 3.75. The van der Waals surface area contributed by atoms with Crippen molar-refractivity contribution in [3.63, 3.8) is 0 Å². The molecule has 7 nitrogen and oxygen atoms in total. The third kappa shape index (κ3) is 5.41. The van der Waals surface area contributed by atoms with Crippen LogP contribution in [-0.4, -0.2) is 49.6 Å². The number of ether oxygens (including phenoxy) is 3. The van der Waals surface area contributed by atoms with Crippen LogP contribution in [0.5, 0.6) is 11.5 Å². The van der Waals surface area contributed by atoms with E-state index >= 15 is 0 Å². The highest BCUT2D eigenvalue weighted by Crippen LogP contribution is 2.33. The average Bonchev–Trinajstić information content (AvgIpc) is 2.90. The van der Waals surface area contributed by atoms with Crippen LogP contribution in [0.2, 0.25) is 0 Å². The maximum atomic E-state index is 13.1. The maximum Gasteiger partial charge on any atom is 0.339 e. The van der Waals surface area contributed by atoms with Gasteiger partial charge in [0, 0.05) is 24.5 Å². The fraction of sp³-hybridized carbons (Fsp3) is 0.179. The van der Waals surface area contributed by atoms with E-state index in [2.05, 4.69) is 0 Å². The van der Waals surface area contributed by atoms with Crippen LogP contribution >= 0.6 is 0 Å². The zero-order valence-corrected chi connectivity index (χ0v) is 19.9. The van der Waals surface area contributed by atoms with E-state index < -0.39 is 5.97 Å². The smallest absolute Gasteiger partial charge is 0.339 e. The molecule has 4 aromatic rings.